The van der Waals surface area contributed by atoms with Crippen LogP contribution in [-0.4, -0.2) is 364 Å². The van der Waals surface area contributed by atoms with Crippen molar-refractivity contribution in [1.29, 1.82) is 0 Å². The monoisotopic (exact) mass is 2060 g/mol. The summed E-state index contributed by atoms with van der Waals surface area (Å²) >= 11 is 0. The molecule has 0 radical (unpaired) electrons. The summed E-state index contributed by atoms with van der Waals surface area (Å²) in [6.45, 7) is 17.6. The third-order valence-electron chi connectivity index (χ3n) is 24.4. The second-order valence-corrected chi connectivity index (χ2v) is 34.2. The zero-order valence-corrected chi connectivity index (χ0v) is 79.0. The van der Waals surface area contributed by atoms with Gasteiger partial charge in [0.2, 0.25) is 5.88 Å². The number of halogens is 6. The molecule has 0 bridgehead atoms. The van der Waals surface area contributed by atoms with Crippen LogP contribution in [-0.2, 0) is 52.3 Å². The molecular formula is C83H118F6N34O22. The van der Waals surface area contributed by atoms with Crippen LogP contribution in [0.25, 0.3) is 64.1 Å². The van der Waals surface area contributed by atoms with Gasteiger partial charge in [0, 0.05) is 76.2 Å². The smallest absolute Gasteiger partial charge is 0.323 e. The summed E-state index contributed by atoms with van der Waals surface area (Å²) in [6, 6.07) is 0.549. The Balaban J connectivity index is 0.000000195. The number of ether oxygens (including phenoxy) is 9. The zero-order valence-electron chi connectivity index (χ0n) is 79.0. The average Bonchev–Trinajstić information content (AvgIpc) is 1.55. The number of unbranched alkanes of at least 4 members (excludes halogenated alkanes) is 4. The third kappa shape index (κ3) is 25.0. The van der Waals surface area contributed by atoms with E-state index in [0.29, 0.717) is 35.6 Å². The number of nitrogens with one attached hydrogen (secondary N) is 1. The van der Waals surface area contributed by atoms with Crippen LogP contribution in [0, 0.1) is 12.8 Å². The van der Waals surface area contributed by atoms with Crippen molar-refractivity contribution in [2.45, 2.75) is 224 Å². The van der Waals surface area contributed by atoms with Crippen LogP contribution in [0.1, 0.15) is 84.5 Å². The first-order valence-corrected chi connectivity index (χ1v) is 44.7. The number of alkyl halides is 6. The van der Waals surface area contributed by atoms with E-state index in [1.807, 2.05) is 0 Å². The molecule has 56 nitrogen and oxygen atoms in total. The molecule has 25 atom stereocenters. The molecule has 14 heterocycles. The number of aliphatic hydroxyl groups excluding tert-OH is 10. The lowest BCUT2D eigenvalue weighted by Gasteiger charge is -2.33. The number of aromatic nitrogens is 7. The highest BCUT2D eigenvalue weighted by atomic mass is 19.2. The Morgan fingerprint density at radius 3 is 1.28 bits per heavy atom. The minimum absolute atomic E-state index is 0.0918. The molecule has 25 N–H and O–H groups in total. The Labute approximate surface area is 821 Å². The molecule has 4 aromatic rings. The molecule has 0 saturated carbocycles. The first-order chi connectivity index (χ1) is 68.9. The van der Waals surface area contributed by atoms with E-state index in [1.165, 1.54) is 96.7 Å². The van der Waals surface area contributed by atoms with Crippen LogP contribution in [0.3, 0.4) is 0 Å². The molecule has 10 aliphatic heterocycles. The van der Waals surface area contributed by atoms with Gasteiger partial charge in [-0.05, 0) is 72.6 Å². The first-order valence-electron chi connectivity index (χ1n) is 44.7. The maximum atomic E-state index is 15.4. The van der Waals surface area contributed by atoms with Gasteiger partial charge < -0.3 is 159 Å². The summed E-state index contributed by atoms with van der Waals surface area (Å²) in [7, 11) is 0. The van der Waals surface area contributed by atoms with Crippen molar-refractivity contribution in [3.8, 4) is 5.88 Å². The maximum absolute atomic E-state index is 15.4. The van der Waals surface area contributed by atoms with Crippen molar-refractivity contribution in [3.63, 3.8) is 0 Å². The molecule has 1 amide bonds. The molecule has 1 unspecified atom stereocenters. The van der Waals surface area contributed by atoms with E-state index in [1.54, 1.807) is 33.8 Å². The van der Waals surface area contributed by atoms with Gasteiger partial charge in [-0.2, -0.15) is 4.98 Å². The predicted octanol–water partition coefficient (Wildman–Crippen LogP) is 0.550. The Hall–Kier alpha value is -13.2. The largest absolute Gasteiger partial charge is 0.476 e. The number of carbonyl (C=O) groups excluding carboxylic acids is 3. The number of carbonyl (C=O) groups is 3. The number of nitrogen functional groups attached to an aromatic ring is 1. The molecule has 10 aliphatic rings. The number of imidazole rings is 2. The molecule has 6 saturated heterocycles. The number of esters is 2. The van der Waals surface area contributed by atoms with Gasteiger partial charge in [-0.15, -0.1) is 0 Å². The van der Waals surface area contributed by atoms with Crippen LogP contribution < -0.4 is 50.2 Å². The van der Waals surface area contributed by atoms with Gasteiger partial charge in [0.15, 0.2) is 103 Å². The van der Waals surface area contributed by atoms with Gasteiger partial charge in [-0.25, -0.2) is 61.3 Å². The predicted molar refractivity (Wildman–Crippen MR) is 499 cm³/mol. The number of hydrogen-bond donors (Lipinski definition) is 18. The van der Waals surface area contributed by atoms with Gasteiger partial charge in [-0.3, -0.25) is 23.5 Å². The summed E-state index contributed by atoms with van der Waals surface area (Å²) < 4.78 is 140. The number of aliphatic hydroxyl groups is 10. The molecule has 14 rings (SSSR count). The number of anilines is 1. The van der Waals surface area contributed by atoms with Crippen molar-refractivity contribution in [3.05, 3.63) is 171 Å². The molecule has 0 aliphatic carbocycles. The number of fused-ring (bicyclic) bond motifs is 2. The SMILES string of the molecule is C=C1N=C(N)C=CN1[C@@H]1O[C@@](CO)(CN=[N+]=[N-])[C@@H](OC(=O)C(N)C(C)C)[C@H]1F.C=C1N=C(N)C=CN1[C@@H]1O[C@@](CO)(CN=[N+]=[N-])[C@@H](OC(=O)CCCCCCC)[C@H]1F.C=C1N=C(N)C=CN1[C@@H]1O[C@](CN)(CO)[C@@H](O)[C@H]1F.C=C1NC(=O)C=CN1[C@@H]1O[C@](CN)(CO)[C@@H](O)[C@H]1F.CCOc1nc(C)nc2c1ncn2[C@@H]1O[C@@](CO)(CN=[N+]=[N-])[C@@H](O)[C@H]1F.[N-]=[N+]=NC[C@]1(CO)O[C@@H](n2cnc3c(N)ccnc32)[C@H](F)[C@@H]1O. The molecule has 0 aromatic carbocycles. The minimum Gasteiger partial charge on any atom is -0.476 e. The average molecular weight is 2060 g/mol. The van der Waals surface area contributed by atoms with E-state index in [4.69, 9.17) is 105 Å². The molecule has 4 aromatic heterocycles. The molecular weight excluding hydrogens is 1940 g/mol. The number of aliphatic imine (C=N–C) groups is 3. The lowest BCUT2D eigenvalue weighted by molar-refractivity contribution is -0.170. The van der Waals surface area contributed by atoms with Crippen molar-refractivity contribution in [2.24, 2.45) is 75.8 Å². The van der Waals surface area contributed by atoms with E-state index >= 15 is 8.78 Å². The summed E-state index contributed by atoms with van der Waals surface area (Å²) in [4.78, 5) is 83.7. The molecule has 794 valence electrons. The summed E-state index contributed by atoms with van der Waals surface area (Å²) in [5, 5.41) is 113. The Kier molecular flexibility index (Phi) is 40.2. The number of rotatable bonds is 34. The maximum Gasteiger partial charge on any atom is 0.323 e. The van der Waals surface area contributed by atoms with Crippen molar-refractivity contribution in [2.75, 3.05) is 91.3 Å². The fraction of sp³-hybridized carbons (Fsp3) is 0.602. The first kappa shape index (κ1) is 115. The van der Waals surface area contributed by atoms with E-state index < -0.39 is 228 Å². The number of amides is 1. The molecule has 145 heavy (non-hydrogen) atoms. The van der Waals surface area contributed by atoms with E-state index in [0.717, 1.165) is 25.7 Å². The van der Waals surface area contributed by atoms with Crippen LogP contribution in [0.4, 0.5) is 32.0 Å². The van der Waals surface area contributed by atoms with Gasteiger partial charge in [0.1, 0.15) is 116 Å². The van der Waals surface area contributed by atoms with Crippen molar-refractivity contribution < 1.29 is 134 Å². The lowest BCUT2D eigenvalue weighted by Crippen LogP contribution is -2.52. The van der Waals surface area contributed by atoms with E-state index in [-0.39, 0.29) is 89.3 Å². The highest BCUT2D eigenvalue weighted by Crippen LogP contribution is 2.47. The van der Waals surface area contributed by atoms with Crippen molar-refractivity contribution >= 4 is 63.4 Å². The number of hydrogen-bond acceptors (Lipinski definition) is 45. The Bertz CT molecular complexity index is 5680. The fourth-order valence-corrected chi connectivity index (χ4v) is 16.1. The van der Waals surface area contributed by atoms with Crippen LogP contribution >= 0.6 is 0 Å². The summed E-state index contributed by atoms with van der Waals surface area (Å²) in [6.07, 6.45) is -8.37. The van der Waals surface area contributed by atoms with Gasteiger partial charge in [0.25, 0.3) is 5.91 Å². The summed E-state index contributed by atoms with van der Waals surface area (Å²) in [5.74, 6) is -0.334. The number of aryl methyl sites for hydroxylation is 1. The highest BCUT2D eigenvalue weighted by Gasteiger charge is 2.64. The molecule has 0 spiro atoms. The quantitative estimate of drug-likeness (QED) is 0.00758. The van der Waals surface area contributed by atoms with E-state index in [9.17, 15) is 83.0 Å². The highest BCUT2D eigenvalue weighted by molar-refractivity contribution is 5.94. The van der Waals surface area contributed by atoms with Crippen LogP contribution in [0.15, 0.2) is 159 Å². The summed E-state index contributed by atoms with van der Waals surface area (Å²) in [5.41, 5.74) is 64.9. The number of nitrogens with two attached hydrogens (primary N) is 7. The van der Waals surface area contributed by atoms with Gasteiger partial charge in [0.05, 0.1) is 90.8 Å². The number of azide groups is 4. The Morgan fingerprint density at radius 1 is 0.517 bits per heavy atom. The fourth-order valence-electron chi connectivity index (χ4n) is 16.1. The van der Waals surface area contributed by atoms with Crippen LogP contribution in [0.5, 0.6) is 5.88 Å². The zero-order chi connectivity index (χ0) is 107. The van der Waals surface area contributed by atoms with Crippen molar-refractivity contribution in [1.82, 2.24) is 59.0 Å². The van der Waals surface area contributed by atoms with E-state index in [2.05, 4.69) is 119 Å². The van der Waals surface area contributed by atoms with Crippen LogP contribution in [0.2, 0.25) is 0 Å². The van der Waals surface area contributed by atoms with Gasteiger partial charge in [-0.1, -0.05) is 93.2 Å². The second-order valence-electron chi connectivity index (χ2n) is 34.2. The second kappa shape index (κ2) is 50.5. The topological polar surface area (TPSA) is 850 Å². The number of amidine groups is 3. The molecule has 6 fully saturated rings. The normalized spacial score (nSPS) is 31.8. The number of pyridine rings is 1. The molecule has 62 heteroatoms. The third-order valence-corrected chi connectivity index (χ3v) is 24.4. The standard InChI is InChI=1S/C19H29FN6O4.C16H24FN7O4.C14H18FN7O4.C12H14FN7O3.C11H17FN4O3.C11H16FN3O4/c1-3-4-5-6-7-8-15(28)29-17-16(20)18(26-10-9-14(21)24-13(26)2)30-19(17,12-27)11-23-25-22;1-8(2)12(19)15(26)27-13-11(17)14(24-5-4-10(18)22-9(24)3)28-16(13,7-25)6-21-23-20;1-3-25-12-9-11(19-7(2)20-12)22(6-17-9)13-8(15)10(24)14(5-23,26-13)4-18-21-16;13-7-9(22)12(4-21,3-18-19-15)23-11(7)20-5-17-8-6(14)1-2-16-10(8)20;1-6-15-7(14)2-3-16(6)10-8(12)9(18)11(4-13,5-17)19-10;1-6-14-7(17)2-3-15(6)10-8(12)9(18)11(4-13,5-16)19-10/h9-10,16-18,27H,2-8,11-12H2,1H3,(H2,21,24);4-5,8,11-14,25H,3,6-7,19H2,1-2H3,(H2,18,22);6,8,10,13,23-24H,3-5H2,1-2H3;1-2,5,7,9,11,21-22H,3-4H2,(H2,14,16);2-3,8-10,17-18H,1,4-5,13H2,(H2,14,15);2-3,8-10,16,18H,1,4-5,13H2,(H,14,17)/t16-,17+,18-,19-;11-,12?,13+,14-,16-;8-,10+,13-,14-;7-,9+,11-,12-;2*8-,9+,10-,11-/m111111/s1. The minimum atomic E-state index is -1.93. The number of nitrogens with zero attached hydrogens (tertiary/aromatic N) is 26. The van der Waals surface area contributed by atoms with Gasteiger partial charge >= 0.3 is 11.9 Å². The lowest BCUT2D eigenvalue weighted by atomic mass is 9.96. The Morgan fingerprint density at radius 2 is 0.890 bits per heavy atom.